The zero-order chi connectivity index (χ0) is 15.8. The van der Waals surface area contributed by atoms with Gasteiger partial charge in [0.05, 0.1) is 6.04 Å². The highest BCUT2D eigenvalue weighted by atomic mass is 16.1. The van der Waals surface area contributed by atoms with E-state index in [1.807, 2.05) is 6.07 Å². The Balaban J connectivity index is 1.94. The lowest BCUT2D eigenvalue weighted by Crippen LogP contribution is -2.38. The molecule has 0 bridgehead atoms. The fourth-order valence-corrected chi connectivity index (χ4v) is 3.18. The highest BCUT2D eigenvalue weighted by Crippen LogP contribution is 2.21. The van der Waals surface area contributed by atoms with E-state index < -0.39 is 0 Å². The lowest BCUT2D eigenvalue weighted by Gasteiger charge is -2.30. The van der Waals surface area contributed by atoms with Gasteiger partial charge in [0, 0.05) is 13.0 Å². The van der Waals surface area contributed by atoms with E-state index in [-0.39, 0.29) is 11.9 Å². The Bertz CT molecular complexity index is 479. The average Bonchev–Trinajstić information content (AvgIpc) is 3.05. The second-order valence-corrected chi connectivity index (χ2v) is 5.92. The molecule has 0 unspecified atom stereocenters. The molecule has 1 N–H and O–H groups in total. The van der Waals surface area contributed by atoms with Gasteiger partial charge in [0.15, 0.2) is 0 Å². The number of allylic oxidation sites excluding steroid dienone is 2. The van der Waals surface area contributed by atoms with Crippen molar-refractivity contribution < 1.29 is 4.79 Å². The number of carbonyl (C=O) groups excluding carboxylic acids is 1. The first kappa shape index (κ1) is 16.8. The summed E-state index contributed by atoms with van der Waals surface area (Å²) in [7, 11) is 0. The zero-order valence-corrected chi connectivity index (χ0v) is 13.8. The van der Waals surface area contributed by atoms with Gasteiger partial charge < -0.3 is 5.32 Å². The van der Waals surface area contributed by atoms with Crippen molar-refractivity contribution in [3.8, 4) is 0 Å². The maximum Gasteiger partial charge on any atom is 0.220 e. The van der Waals surface area contributed by atoms with Crippen molar-refractivity contribution in [2.75, 3.05) is 19.6 Å². The van der Waals surface area contributed by atoms with E-state index in [1.165, 1.54) is 5.56 Å². The van der Waals surface area contributed by atoms with Crippen LogP contribution in [0.5, 0.6) is 0 Å². The van der Waals surface area contributed by atoms with Crippen LogP contribution in [0.1, 0.15) is 44.7 Å². The summed E-state index contributed by atoms with van der Waals surface area (Å²) in [5.74, 6) is 0.605. The lowest BCUT2D eigenvalue weighted by atomic mass is 10.0. The highest BCUT2D eigenvalue weighted by molar-refractivity contribution is 5.76. The molecule has 22 heavy (non-hydrogen) atoms. The maximum atomic E-state index is 12.2. The Morgan fingerprint density at radius 1 is 1.27 bits per heavy atom. The first-order chi connectivity index (χ1) is 10.7. The summed E-state index contributed by atoms with van der Waals surface area (Å²) in [4.78, 5) is 14.6. The van der Waals surface area contributed by atoms with Crippen molar-refractivity contribution in [2.24, 2.45) is 5.92 Å². The van der Waals surface area contributed by atoms with E-state index in [9.17, 15) is 4.79 Å². The molecule has 3 heteroatoms. The fraction of sp³-hybridized carbons (Fsp3) is 0.526. The molecule has 1 amide bonds. The van der Waals surface area contributed by atoms with Gasteiger partial charge in [-0.05, 0) is 37.4 Å². The zero-order valence-electron chi connectivity index (χ0n) is 13.8. The van der Waals surface area contributed by atoms with Crippen molar-refractivity contribution in [2.45, 2.75) is 39.2 Å². The number of nitrogens with zero attached hydrogens (tertiary/aromatic N) is 1. The number of likely N-dealkylation sites (N-methyl/N-ethyl adjacent to an activating group) is 1. The Morgan fingerprint density at radius 2 is 2.00 bits per heavy atom. The van der Waals surface area contributed by atoms with Gasteiger partial charge in [0.2, 0.25) is 5.91 Å². The van der Waals surface area contributed by atoms with Crippen LogP contribution in [-0.4, -0.2) is 30.4 Å². The van der Waals surface area contributed by atoms with Crippen LogP contribution >= 0.6 is 0 Å². The number of rotatable bonds is 8. The van der Waals surface area contributed by atoms with Gasteiger partial charge >= 0.3 is 0 Å². The number of hydrogen-bond donors (Lipinski definition) is 1. The molecule has 1 aliphatic rings. The third-order valence-corrected chi connectivity index (χ3v) is 4.49. The van der Waals surface area contributed by atoms with E-state index in [1.54, 1.807) is 0 Å². The SMILES string of the molecule is CCN(CC)[C@@H](CNC(=O)C[C@H]1C=CCC1)c1ccccc1. The van der Waals surface area contributed by atoms with Crippen LogP contribution in [0.15, 0.2) is 42.5 Å². The van der Waals surface area contributed by atoms with Gasteiger partial charge in [-0.1, -0.05) is 56.3 Å². The molecule has 0 aromatic heterocycles. The van der Waals surface area contributed by atoms with Gasteiger partial charge in [-0.2, -0.15) is 0 Å². The number of hydrogen-bond acceptors (Lipinski definition) is 2. The number of amides is 1. The lowest BCUT2D eigenvalue weighted by molar-refractivity contribution is -0.122. The molecule has 0 heterocycles. The quantitative estimate of drug-likeness (QED) is 0.745. The van der Waals surface area contributed by atoms with E-state index in [2.05, 4.69) is 60.5 Å². The molecular weight excluding hydrogens is 272 g/mol. The molecule has 0 radical (unpaired) electrons. The van der Waals surface area contributed by atoms with Crippen LogP contribution < -0.4 is 5.32 Å². The Hall–Kier alpha value is -1.61. The Labute approximate surface area is 134 Å². The van der Waals surface area contributed by atoms with Crippen LogP contribution in [0.25, 0.3) is 0 Å². The molecule has 2 atom stereocenters. The largest absolute Gasteiger partial charge is 0.354 e. The smallest absolute Gasteiger partial charge is 0.220 e. The summed E-state index contributed by atoms with van der Waals surface area (Å²) < 4.78 is 0. The second-order valence-electron chi connectivity index (χ2n) is 5.92. The van der Waals surface area contributed by atoms with Gasteiger partial charge in [-0.3, -0.25) is 9.69 Å². The third-order valence-electron chi connectivity index (χ3n) is 4.49. The molecule has 120 valence electrons. The Morgan fingerprint density at radius 3 is 2.59 bits per heavy atom. The predicted molar refractivity (Wildman–Crippen MR) is 91.6 cm³/mol. The van der Waals surface area contributed by atoms with Crippen molar-refractivity contribution in [1.82, 2.24) is 10.2 Å². The summed E-state index contributed by atoms with van der Waals surface area (Å²) in [6, 6.07) is 10.7. The first-order valence-electron chi connectivity index (χ1n) is 8.47. The van der Waals surface area contributed by atoms with Gasteiger partial charge in [-0.25, -0.2) is 0 Å². The van der Waals surface area contributed by atoms with E-state index >= 15 is 0 Å². The Kier molecular flexibility index (Phi) is 6.66. The molecule has 1 aromatic carbocycles. The van der Waals surface area contributed by atoms with Gasteiger partial charge in [0.1, 0.15) is 0 Å². The molecular formula is C19H28N2O. The van der Waals surface area contributed by atoms with Crippen molar-refractivity contribution in [3.05, 3.63) is 48.0 Å². The summed E-state index contributed by atoms with van der Waals surface area (Å²) in [5.41, 5.74) is 1.27. The minimum atomic E-state index is 0.171. The topological polar surface area (TPSA) is 32.3 Å². The normalized spacial score (nSPS) is 18.6. The number of benzene rings is 1. The molecule has 3 nitrogen and oxygen atoms in total. The van der Waals surface area contributed by atoms with Crippen LogP contribution in [0, 0.1) is 5.92 Å². The molecule has 0 aliphatic heterocycles. The van der Waals surface area contributed by atoms with Gasteiger partial charge in [-0.15, -0.1) is 0 Å². The first-order valence-corrected chi connectivity index (χ1v) is 8.47. The molecule has 1 aliphatic carbocycles. The van der Waals surface area contributed by atoms with Gasteiger partial charge in [0.25, 0.3) is 0 Å². The van der Waals surface area contributed by atoms with Crippen molar-refractivity contribution in [1.29, 1.82) is 0 Å². The van der Waals surface area contributed by atoms with Crippen LogP contribution in [0.3, 0.4) is 0 Å². The summed E-state index contributed by atoms with van der Waals surface area (Å²) in [6.45, 7) is 6.99. The van der Waals surface area contributed by atoms with Crippen LogP contribution in [0.2, 0.25) is 0 Å². The summed E-state index contributed by atoms with van der Waals surface area (Å²) in [6.07, 6.45) is 7.21. The highest BCUT2D eigenvalue weighted by Gasteiger charge is 2.20. The minimum absolute atomic E-state index is 0.171. The fourth-order valence-electron chi connectivity index (χ4n) is 3.18. The molecule has 0 saturated carbocycles. The van der Waals surface area contributed by atoms with Crippen molar-refractivity contribution >= 4 is 5.91 Å². The average molecular weight is 300 g/mol. The monoisotopic (exact) mass is 300 g/mol. The van der Waals surface area contributed by atoms with E-state index in [4.69, 9.17) is 0 Å². The van der Waals surface area contributed by atoms with E-state index in [0.29, 0.717) is 18.9 Å². The minimum Gasteiger partial charge on any atom is -0.354 e. The van der Waals surface area contributed by atoms with E-state index in [0.717, 1.165) is 25.9 Å². The second kappa shape index (κ2) is 8.74. The number of nitrogens with one attached hydrogen (secondary N) is 1. The molecule has 0 fully saturated rings. The molecule has 1 aromatic rings. The van der Waals surface area contributed by atoms with Crippen LogP contribution in [0.4, 0.5) is 0 Å². The predicted octanol–water partition coefficient (Wildman–Crippen LogP) is 3.54. The number of carbonyl (C=O) groups is 1. The maximum absolute atomic E-state index is 12.2. The standard InChI is InChI=1S/C19H28N2O/c1-3-21(4-2)18(17-12-6-5-7-13-17)15-20-19(22)14-16-10-8-9-11-16/h5-8,10,12-13,16,18H,3-4,9,11,14-15H2,1-2H3,(H,20,22)/t16-,18-/m0/s1. The summed E-state index contributed by atoms with van der Waals surface area (Å²) >= 11 is 0. The molecule has 0 spiro atoms. The third kappa shape index (κ3) is 4.70. The summed E-state index contributed by atoms with van der Waals surface area (Å²) in [5, 5.41) is 3.14. The molecule has 2 rings (SSSR count). The van der Waals surface area contributed by atoms with Crippen molar-refractivity contribution in [3.63, 3.8) is 0 Å². The van der Waals surface area contributed by atoms with Crippen LogP contribution in [-0.2, 0) is 4.79 Å². The molecule has 0 saturated heterocycles.